The molecule has 0 spiro atoms. The molecule has 1 aliphatic heterocycles. The van der Waals surface area contributed by atoms with Gasteiger partial charge >= 0.3 is 0 Å². The van der Waals surface area contributed by atoms with Crippen molar-refractivity contribution >= 4 is 11.8 Å². The standard InChI is InChI=1S/C7H13N3O2/c8-6(11)5-1-2-9-3-4-10-7(5)12/h5,9H,1-4H2,(H2,8,11)(H,10,12). The molecule has 1 unspecified atom stereocenters. The van der Waals surface area contributed by atoms with Crippen molar-refractivity contribution in [2.45, 2.75) is 6.42 Å². The maximum Gasteiger partial charge on any atom is 0.232 e. The third kappa shape index (κ3) is 2.20. The lowest BCUT2D eigenvalue weighted by atomic mass is 10.0. The number of nitrogens with one attached hydrogen (secondary N) is 2. The Labute approximate surface area is 70.7 Å². The molecule has 0 aromatic rings. The molecule has 4 N–H and O–H groups in total. The van der Waals surface area contributed by atoms with Crippen LogP contribution in [0.4, 0.5) is 0 Å². The molecule has 68 valence electrons. The summed E-state index contributed by atoms with van der Waals surface area (Å²) in [7, 11) is 0. The van der Waals surface area contributed by atoms with Gasteiger partial charge in [0.2, 0.25) is 11.8 Å². The SMILES string of the molecule is NC(=O)C1CCNCCNC1=O. The molecule has 12 heavy (non-hydrogen) atoms. The quantitative estimate of drug-likeness (QED) is 0.407. The van der Waals surface area contributed by atoms with Gasteiger partial charge in [-0.25, -0.2) is 0 Å². The van der Waals surface area contributed by atoms with Gasteiger partial charge in [-0.1, -0.05) is 0 Å². The van der Waals surface area contributed by atoms with E-state index >= 15 is 0 Å². The number of amides is 2. The predicted molar refractivity (Wildman–Crippen MR) is 43.2 cm³/mol. The highest BCUT2D eigenvalue weighted by molar-refractivity contribution is 5.99. The second-order valence-electron chi connectivity index (χ2n) is 2.78. The number of hydrogen-bond acceptors (Lipinski definition) is 3. The van der Waals surface area contributed by atoms with Crippen LogP contribution in [0.5, 0.6) is 0 Å². The third-order valence-corrected chi connectivity index (χ3v) is 1.87. The summed E-state index contributed by atoms with van der Waals surface area (Å²) < 4.78 is 0. The molecule has 5 heteroatoms. The van der Waals surface area contributed by atoms with Crippen LogP contribution < -0.4 is 16.4 Å². The van der Waals surface area contributed by atoms with E-state index in [2.05, 4.69) is 10.6 Å². The Hall–Kier alpha value is -1.10. The van der Waals surface area contributed by atoms with Crippen LogP contribution in [-0.2, 0) is 9.59 Å². The lowest BCUT2D eigenvalue weighted by Gasteiger charge is -2.17. The first-order chi connectivity index (χ1) is 5.72. The minimum absolute atomic E-state index is 0.246. The number of carbonyl (C=O) groups excluding carboxylic acids is 2. The number of rotatable bonds is 1. The van der Waals surface area contributed by atoms with Gasteiger partial charge < -0.3 is 16.4 Å². The smallest absolute Gasteiger partial charge is 0.232 e. The molecule has 0 radical (unpaired) electrons. The normalized spacial score (nSPS) is 25.3. The van der Waals surface area contributed by atoms with Crippen molar-refractivity contribution in [2.75, 3.05) is 19.6 Å². The fraction of sp³-hybridized carbons (Fsp3) is 0.714. The van der Waals surface area contributed by atoms with E-state index in [1.165, 1.54) is 0 Å². The van der Waals surface area contributed by atoms with Gasteiger partial charge in [-0.3, -0.25) is 9.59 Å². The minimum Gasteiger partial charge on any atom is -0.369 e. The van der Waals surface area contributed by atoms with Crippen LogP contribution in [0.3, 0.4) is 0 Å². The molecule has 1 rings (SSSR count). The van der Waals surface area contributed by atoms with Gasteiger partial charge in [0.25, 0.3) is 0 Å². The zero-order chi connectivity index (χ0) is 8.97. The molecule has 1 heterocycles. The topological polar surface area (TPSA) is 84.2 Å². The zero-order valence-electron chi connectivity index (χ0n) is 6.80. The van der Waals surface area contributed by atoms with Crippen LogP contribution in [0, 0.1) is 5.92 Å². The maximum absolute atomic E-state index is 11.2. The first-order valence-electron chi connectivity index (χ1n) is 3.99. The van der Waals surface area contributed by atoms with Gasteiger partial charge in [0.05, 0.1) is 0 Å². The van der Waals surface area contributed by atoms with Gasteiger partial charge in [0.15, 0.2) is 0 Å². The van der Waals surface area contributed by atoms with Gasteiger partial charge in [-0.2, -0.15) is 0 Å². The van der Waals surface area contributed by atoms with Gasteiger partial charge in [0.1, 0.15) is 5.92 Å². The molecule has 1 atom stereocenters. The number of nitrogens with two attached hydrogens (primary N) is 1. The number of carbonyl (C=O) groups is 2. The summed E-state index contributed by atoms with van der Waals surface area (Å²) in [6.45, 7) is 1.97. The largest absolute Gasteiger partial charge is 0.369 e. The van der Waals surface area contributed by atoms with Crippen LogP contribution in [0.2, 0.25) is 0 Å². The van der Waals surface area contributed by atoms with Crippen molar-refractivity contribution in [2.24, 2.45) is 11.7 Å². The van der Waals surface area contributed by atoms with E-state index < -0.39 is 11.8 Å². The molecule has 1 saturated heterocycles. The summed E-state index contributed by atoms with van der Waals surface area (Å²) in [5.74, 6) is -1.46. The Morgan fingerprint density at radius 3 is 2.83 bits per heavy atom. The van der Waals surface area contributed by atoms with Crippen molar-refractivity contribution in [3.8, 4) is 0 Å². The van der Waals surface area contributed by atoms with E-state index in [-0.39, 0.29) is 5.91 Å². The molecule has 0 aliphatic carbocycles. The summed E-state index contributed by atoms with van der Waals surface area (Å²) in [6, 6.07) is 0. The van der Waals surface area contributed by atoms with E-state index in [1.54, 1.807) is 0 Å². The Bertz CT molecular complexity index is 193. The summed E-state index contributed by atoms with van der Waals surface area (Å²) in [5.41, 5.74) is 5.05. The molecule has 0 aromatic heterocycles. The highest BCUT2D eigenvalue weighted by Crippen LogP contribution is 2.02. The van der Waals surface area contributed by atoms with E-state index in [1.807, 2.05) is 0 Å². The summed E-state index contributed by atoms with van der Waals surface area (Å²) >= 11 is 0. The third-order valence-electron chi connectivity index (χ3n) is 1.87. The Morgan fingerprint density at radius 2 is 2.17 bits per heavy atom. The second-order valence-corrected chi connectivity index (χ2v) is 2.78. The minimum atomic E-state index is -0.669. The number of hydrogen-bond donors (Lipinski definition) is 3. The average molecular weight is 171 g/mol. The first kappa shape index (κ1) is 8.99. The van der Waals surface area contributed by atoms with Gasteiger partial charge in [-0.05, 0) is 13.0 Å². The summed E-state index contributed by atoms with van der Waals surface area (Å²) in [4.78, 5) is 21.9. The molecular formula is C7H13N3O2. The van der Waals surface area contributed by atoms with Crippen LogP contribution in [-0.4, -0.2) is 31.4 Å². The summed E-state index contributed by atoms with van der Waals surface area (Å²) in [6.07, 6.45) is 0.487. The van der Waals surface area contributed by atoms with E-state index in [9.17, 15) is 9.59 Å². The molecule has 1 aliphatic rings. The predicted octanol–water partition coefficient (Wildman–Crippen LogP) is -1.80. The fourth-order valence-corrected chi connectivity index (χ4v) is 1.17. The van der Waals surface area contributed by atoms with Gasteiger partial charge in [-0.15, -0.1) is 0 Å². The second kappa shape index (κ2) is 4.06. The fourth-order valence-electron chi connectivity index (χ4n) is 1.17. The van der Waals surface area contributed by atoms with Crippen molar-refractivity contribution in [3.63, 3.8) is 0 Å². The maximum atomic E-state index is 11.2. The lowest BCUT2D eigenvalue weighted by Crippen LogP contribution is -2.45. The summed E-state index contributed by atoms with van der Waals surface area (Å²) in [5, 5.41) is 5.68. The molecular weight excluding hydrogens is 158 g/mol. The highest BCUT2D eigenvalue weighted by Gasteiger charge is 2.24. The van der Waals surface area contributed by atoms with Crippen LogP contribution in [0.25, 0.3) is 0 Å². The van der Waals surface area contributed by atoms with E-state index in [0.29, 0.717) is 19.5 Å². The van der Waals surface area contributed by atoms with Crippen molar-refractivity contribution in [1.82, 2.24) is 10.6 Å². The van der Waals surface area contributed by atoms with Crippen LogP contribution in [0.1, 0.15) is 6.42 Å². The Kier molecular flexibility index (Phi) is 3.04. The molecule has 5 nitrogen and oxygen atoms in total. The molecule has 0 saturated carbocycles. The molecule has 0 bridgehead atoms. The van der Waals surface area contributed by atoms with E-state index in [0.717, 1.165) is 6.54 Å². The Morgan fingerprint density at radius 1 is 1.42 bits per heavy atom. The van der Waals surface area contributed by atoms with E-state index in [4.69, 9.17) is 5.73 Å². The monoisotopic (exact) mass is 171 g/mol. The van der Waals surface area contributed by atoms with Crippen molar-refractivity contribution < 1.29 is 9.59 Å². The van der Waals surface area contributed by atoms with Gasteiger partial charge in [0, 0.05) is 13.1 Å². The lowest BCUT2D eigenvalue weighted by molar-refractivity contribution is -0.133. The Balaban J connectivity index is 2.55. The first-order valence-corrected chi connectivity index (χ1v) is 3.99. The molecule has 2 amide bonds. The van der Waals surface area contributed by atoms with Crippen molar-refractivity contribution in [3.05, 3.63) is 0 Å². The van der Waals surface area contributed by atoms with Crippen molar-refractivity contribution in [1.29, 1.82) is 0 Å². The van der Waals surface area contributed by atoms with Crippen LogP contribution in [0.15, 0.2) is 0 Å². The zero-order valence-corrected chi connectivity index (χ0v) is 6.80. The van der Waals surface area contributed by atoms with Crippen LogP contribution >= 0.6 is 0 Å². The number of primary amides is 1. The molecule has 0 aromatic carbocycles. The molecule has 1 fully saturated rings. The average Bonchev–Trinajstić information content (AvgIpc) is 1.96. The highest BCUT2D eigenvalue weighted by atomic mass is 16.2.